The number of aromatic nitrogens is 1. The number of aryl methyl sites for hydroxylation is 1. The second kappa shape index (κ2) is 5.85. The maximum atomic E-state index is 5.74. The van der Waals surface area contributed by atoms with Crippen LogP contribution in [0.5, 0.6) is 5.75 Å². The van der Waals surface area contributed by atoms with Gasteiger partial charge in [0.25, 0.3) is 0 Å². The third-order valence-corrected chi connectivity index (χ3v) is 3.88. The van der Waals surface area contributed by atoms with Crippen molar-refractivity contribution in [2.24, 2.45) is 0 Å². The van der Waals surface area contributed by atoms with Gasteiger partial charge in [-0.2, -0.15) is 0 Å². The summed E-state index contributed by atoms with van der Waals surface area (Å²) in [5.74, 6) is 1.33. The number of benzene rings is 1. The Hall–Kier alpha value is -0.580. The van der Waals surface area contributed by atoms with Gasteiger partial charge in [-0.1, -0.05) is 22.0 Å². The molecule has 0 N–H and O–H groups in total. The van der Waals surface area contributed by atoms with Crippen LogP contribution in [0.3, 0.4) is 0 Å². The molecule has 2 rings (SSSR count). The van der Waals surface area contributed by atoms with Gasteiger partial charge in [0.05, 0.1) is 11.6 Å². The zero-order valence-corrected chi connectivity index (χ0v) is 12.4. The standard InChI is InChI=1S/C12H11BrClNOS/c1-8-2-3-9(13)4-11(8)16-6-12-15-10(5-14)7-17-12/h2-4,7H,5-6H2,1H3. The van der Waals surface area contributed by atoms with Crippen molar-refractivity contribution in [2.75, 3.05) is 0 Å². The Kier molecular flexibility index (Phi) is 4.42. The molecule has 5 heteroatoms. The van der Waals surface area contributed by atoms with Crippen molar-refractivity contribution in [1.29, 1.82) is 0 Å². The van der Waals surface area contributed by atoms with Gasteiger partial charge in [-0.3, -0.25) is 0 Å². The van der Waals surface area contributed by atoms with Crippen LogP contribution in [0.4, 0.5) is 0 Å². The molecular weight excluding hydrogens is 322 g/mol. The summed E-state index contributed by atoms with van der Waals surface area (Å²) < 4.78 is 6.75. The SMILES string of the molecule is Cc1ccc(Br)cc1OCc1nc(CCl)cs1. The van der Waals surface area contributed by atoms with E-state index in [1.54, 1.807) is 11.3 Å². The molecule has 0 radical (unpaired) electrons. The number of thiazole rings is 1. The molecule has 0 aliphatic rings. The average molecular weight is 333 g/mol. The highest BCUT2D eigenvalue weighted by molar-refractivity contribution is 9.10. The Bertz CT molecular complexity index is 515. The van der Waals surface area contributed by atoms with E-state index in [1.807, 2.05) is 30.5 Å². The molecule has 2 nitrogen and oxygen atoms in total. The Morgan fingerprint density at radius 2 is 2.29 bits per heavy atom. The number of hydrogen-bond acceptors (Lipinski definition) is 3. The van der Waals surface area contributed by atoms with Crippen molar-refractivity contribution in [3.8, 4) is 5.75 Å². The molecule has 1 aromatic carbocycles. The van der Waals surface area contributed by atoms with Crippen LogP contribution in [-0.4, -0.2) is 4.98 Å². The maximum absolute atomic E-state index is 5.74. The van der Waals surface area contributed by atoms with E-state index >= 15 is 0 Å². The second-order valence-electron chi connectivity index (χ2n) is 3.56. The summed E-state index contributed by atoms with van der Waals surface area (Å²) in [5.41, 5.74) is 2.02. The van der Waals surface area contributed by atoms with Crippen LogP contribution >= 0.6 is 38.9 Å². The zero-order valence-electron chi connectivity index (χ0n) is 9.24. The number of hydrogen-bond donors (Lipinski definition) is 0. The maximum Gasteiger partial charge on any atom is 0.140 e. The molecule has 0 amide bonds. The normalized spacial score (nSPS) is 10.5. The Morgan fingerprint density at radius 1 is 1.47 bits per heavy atom. The number of nitrogens with zero attached hydrogens (tertiary/aromatic N) is 1. The predicted molar refractivity (Wildman–Crippen MR) is 74.9 cm³/mol. The zero-order chi connectivity index (χ0) is 12.3. The minimum absolute atomic E-state index is 0.451. The van der Waals surface area contributed by atoms with Crippen LogP contribution < -0.4 is 4.74 Å². The third kappa shape index (κ3) is 3.44. The number of ether oxygens (including phenoxy) is 1. The van der Waals surface area contributed by atoms with Gasteiger partial charge in [0.2, 0.25) is 0 Å². The monoisotopic (exact) mass is 331 g/mol. The Balaban J connectivity index is 2.04. The molecule has 90 valence electrons. The van der Waals surface area contributed by atoms with E-state index in [-0.39, 0.29) is 0 Å². The van der Waals surface area contributed by atoms with Gasteiger partial charge in [-0.05, 0) is 24.6 Å². The molecule has 0 unspecified atom stereocenters. The number of halogens is 2. The van der Waals surface area contributed by atoms with E-state index in [0.717, 1.165) is 26.5 Å². The summed E-state index contributed by atoms with van der Waals surface area (Å²) in [7, 11) is 0. The lowest BCUT2D eigenvalue weighted by Crippen LogP contribution is -1.96. The lowest BCUT2D eigenvalue weighted by atomic mass is 10.2. The molecule has 1 heterocycles. The van der Waals surface area contributed by atoms with Gasteiger partial charge < -0.3 is 4.74 Å². The van der Waals surface area contributed by atoms with Crippen molar-refractivity contribution in [1.82, 2.24) is 4.98 Å². The predicted octanol–water partition coefficient (Wildman–Crippen LogP) is 4.53. The summed E-state index contributed by atoms with van der Waals surface area (Å²) in [5, 5.41) is 2.90. The van der Waals surface area contributed by atoms with Crippen LogP contribution in [0.1, 0.15) is 16.3 Å². The Morgan fingerprint density at radius 3 is 3.00 bits per heavy atom. The van der Waals surface area contributed by atoms with Crippen molar-refractivity contribution in [3.05, 3.63) is 44.3 Å². The van der Waals surface area contributed by atoms with Crippen LogP contribution in [-0.2, 0) is 12.5 Å². The molecular formula is C12H11BrClNOS. The van der Waals surface area contributed by atoms with Gasteiger partial charge in [0.15, 0.2) is 0 Å². The van der Waals surface area contributed by atoms with Gasteiger partial charge >= 0.3 is 0 Å². The summed E-state index contributed by atoms with van der Waals surface area (Å²) in [4.78, 5) is 4.35. The fraction of sp³-hybridized carbons (Fsp3) is 0.250. The molecule has 0 bridgehead atoms. The largest absolute Gasteiger partial charge is 0.486 e. The van der Waals surface area contributed by atoms with Crippen molar-refractivity contribution >= 4 is 38.9 Å². The quantitative estimate of drug-likeness (QED) is 0.767. The van der Waals surface area contributed by atoms with Crippen LogP contribution in [0.25, 0.3) is 0 Å². The first-order chi connectivity index (χ1) is 8.19. The smallest absolute Gasteiger partial charge is 0.140 e. The van der Waals surface area contributed by atoms with Crippen LogP contribution in [0.15, 0.2) is 28.1 Å². The lowest BCUT2D eigenvalue weighted by molar-refractivity contribution is 0.303. The topological polar surface area (TPSA) is 22.1 Å². The second-order valence-corrected chi connectivity index (χ2v) is 5.69. The minimum Gasteiger partial charge on any atom is -0.486 e. The highest BCUT2D eigenvalue weighted by Gasteiger charge is 2.04. The lowest BCUT2D eigenvalue weighted by Gasteiger charge is -2.07. The van der Waals surface area contributed by atoms with Crippen molar-refractivity contribution in [3.63, 3.8) is 0 Å². The molecule has 17 heavy (non-hydrogen) atoms. The van der Waals surface area contributed by atoms with E-state index in [1.165, 1.54) is 0 Å². The van der Waals surface area contributed by atoms with Gasteiger partial charge in [-0.25, -0.2) is 4.98 Å². The van der Waals surface area contributed by atoms with Gasteiger partial charge in [0.1, 0.15) is 17.4 Å². The summed E-state index contributed by atoms with van der Waals surface area (Å²) in [6, 6.07) is 5.98. The minimum atomic E-state index is 0.451. The number of alkyl halides is 1. The highest BCUT2D eigenvalue weighted by Crippen LogP contribution is 2.24. The van der Waals surface area contributed by atoms with E-state index in [9.17, 15) is 0 Å². The Labute approximate surface area is 118 Å². The van der Waals surface area contributed by atoms with E-state index in [2.05, 4.69) is 20.9 Å². The van der Waals surface area contributed by atoms with Crippen molar-refractivity contribution in [2.45, 2.75) is 19.4 Å². The molecule has 0 saturated heterocycles. The fourth-order valence-electron chi connectivity index (χ4n) is 1.35. The molecule has 0 spiro atoms. The summed E-state index contributed by atoms with van der Waals surface area (Å²) >= 11 is 10.7. The molecule has 0 saturated carbocycles. The van der Waals surface area contributed by atoms with Crippen LogP contribution in [0.2, 0.25) is 0 Å². The van der Waals surface area contributed by atoms with Gasteiger partial charge in [0, 0.05) is 9.85 Å². The molecule has 0 atom stereocenters. The molecule has 0 aliphatic carbocycles. The van der Waals surface area contributed by atoms with E-state index < -0.39 is 0 Å². The average Bonchev–Trinajstić information content (AvgIpc) is 2.78. The summed E-state index contributed by atoms with van der Waals surface area (Å²) in [6.45, 7) is 2.51. The van der Waals surface area contributed by atoms with Crippen LogP contribution in [0, 0.1) is 6.92 Å². The van der Waals surface area contributed by atoms with Crippen molar-refractivity contribution < 1.29 is 4.74 Å². The molecule has 1 aromatic heterocycles. The third-order valence-electron chi connectivity index (χ3n) is 2.24. The molecule has 0 fully saturated rings. The number of rotatable bonds is 4. The van der Waals surface area contributed by atoms with E-state index in [4.69, 9.17) is 16.3 Å². The summed E-state index contributed by atoms with van der Waals surface area (Å²) in [6.07, 6.45) is 0. The molecule has 2 aromatic rings. The first-order valence-corrected chi connectivity index (χ1v) is 7.28. The van der Waals surface area contributed by atoms with Gasteiger partial charge in [-0.15, -0.1) is 22.9 Å². The first kappa shape index (κ1) is 12.9. The molecule has 0 aliphatic heterocycles. The first-order valence-electron chi connectivity index (χ1n) is 5.07. The highest BCUT2D eigenvalue weighted by atomic mass is 79.9. The fourth-order valence-corrected chi connectivity index (χ4v) is 2.62. The van der Waals surface area contributed by atoms with E-state index in [0.29, 0.717) is 12.5 Å².